The molecule has 0 radical (unpaired) electrons. The van der Waals surface area contributed by atoms with Crippen molar-refractivity contribution in [1.29, 1.82) is 0 Å². The summed E-state index contributed by atoms with van der Waals surface area (Å²) in [6.45, 7) is 3.58. The van der Waals surface area contributed by atoms with E-state index in [-0.39, 0.29) is 12.1 Å². The molecular formula is C15H20O2. The number of ether oxygens (including phenoxy) is 1. The molecule has 17 heavy (non-hydrogen) atoms. The molecule has 0 aliphatic rings. The Morgan fingerprint density at radius 3 is 2.65 bits per heavy atom. The summed E-state index contributed by atoms with van der Waals surface area (Å²) in [6, 6.07) is 10.0. The second-order valence-corrected chi connectivity index (χ2v) is 4.06. The van der Waals surface area contributed by atoms with Crippen molar-refractivity contribution in [3.8, 4) is 0 Å². The minimum Gasteiger partial charge on any atom is -0.458 e. The number of benzene rings is 1. The topological polar surface area (TPSA) is 26.3 Å². The maximum absolute atomic E-state index is 11.0. The van der Waals surface area contributed by atoms with Gasteiger partial charge in [-0.15, -0.1) is 0 Å². The Kier molecular flexibility index (Phi) is 6.08. The Labute approximate surface area is 103 Å². The fourth-order valence-electron chi connectivity index (χ4n) is 1.60. The van der Waals surface area contributed by atoms with Gasteiger partial charge in [-0.1, -0.05) is 49.8 Å². The number of carbonyl (C=O) groups is 1. The van der Waals surface area contributed by atoms with E-state index in [1.54, 1.807) is 0 Å². The molecule has 1 aromatic carbocycles. The third-order valence-electron chi connectivity index (χ3n) is 2.46. The Hall–Kier alpha value is -1.57. The van der Waals surface area contributed by atoms with Crippen molar-refractivity contribution in [2.24, 2.45) is 0 Å². The SMILES string of the molecule is CCCCC(/C=C/c1ccccc1)OC(C)=O. The highest BCUT2D eigenvalue weighted by molar-refractivity contribution is 5.66. The molecule has 0 saturated heterocycles. The lowest BCUT2D eigenvalue weighted by atomic mass is 10.1. The molecule has 1 atom stereocenters. The van der Waals surface area contributed by atoms with Gasteiger partial charge in [-0.2, -0.15) is 0 Å². The van der Waals surface area contributed by atoms with Crippen LogP contribution >= 0.6 is 0 Å². The molecular weight excluding hydrogens is 212 g/mol. The molecule has 0 N–H and O–H groups in total. The number of unbranched alkanes of at least 4 members (excludes halogenated alkanes) is 1. The number of hydrogen-bond acceptors (Lipinski definition) is 2. The van der Waals surface area contributed by atoms with Crippen LogP contribution in [-0.2, 0) is 9.53 Å². The third kappa shape index (κ3) is 5.91. The predicted molar refractivity (Wildman–Crippen MR) is 70.6 cm³/mol. The molecule has 1 unspecified atom stereocenters. The van der Waals surface area contributed by atoms with E-state index in [9.17, 15) is 4.79 Å². The number of esters is 1. The number of carbonyl (C=O) groups excluding carboxylic acids is 1. The molecule has 0 fully saturated rings. The zero-order valence-electron chi connectivity index (χ0n) is 10.6. The fourth-order valence-corrected chi connectivity index (χ4v) is 1.60. The van der Waals surface area contributed by atoms with E-state index in [1.807, 2.05) is 42.5 Å². The van der Waals surface area contributed by atoms with Crippen LogP contribution in [0.15, 0.2) is 36.4 Å². The molecule has 1 rings (SSSR count). The molecule has 2 nitrogen and oxygen atoms in total. The zero-order chi connectivity index (χ0) is 12.5. The van der Waals surface area contributed by atoms with E-state index in [1.165, 1.54) is 6.92 Å². The maximum atomic E-state index is 11.0. The minimum atomic E-state index is -0.219. The molecule has 2 heteroatoms. The summed E-state index contributed by atoms with van der Waals surface area (Å²) in [5, 5.41) is 0. The Morgan fingerprint density at radius 2 is 2.06 bits per heavy atom. The van der Waals surface area contributed by atoms with Gasteiger partial charge in [0.25, 0.3) is 0 Å². The molecule has 0 aliphatic carbocycles. The van der Waals surface area contributed by atoms with Crippen LogP contribution in [0, 0.1) is 0 Å². The highest BCUT2D eigenvalue weighted by Crippen LogP contribution is 2.10. The average molecular weight is 232 g/mol. The Balaban J connectivity index is 2.58. The van der Waals surface area contributed by atoms with Crippen molar-refractivity contribution in [3.05, 3.63) is 42.0 Å². The summed E-state index contributed by atoms with van der Waals surface area (Å²) in [5.74, 6) is -0.219. The smallest absolute Gasteiger partial charge is 0.303 e. The lowest BCUT2D eigenvalue weighted by Gasteiger charge is -2.12. The van der Waals surface area contributed by atoms with Crippen molar-refractivity contribution < 1.29 is 9.53 Å². The van der Waals surface area contributed by atoms with Crippen LogP contribution in [0.5, 0.6) is 0 Å². The third-order valence-corrected chi connectivity index (χ3v) is 2.46. The monoisotopic (exact) mass is 232 g/mol. The Bertz CT molecular complexity index is 354. The maximum Gasteiger partial charge on any atom is 0.303 e. The van der Waals surface area contributed by atoms with Crippen molar-refractivity contribution in [3.63, 3.8) is 0 Å². The van der Waals surface area contributed by atoms with Gasteiger partial charge in [0.05, 0.1) is 0 Å². The quantitative estimate of drug-likeness (QED) is 0.697. The first-order valence-corrected chi connectivity index (χ1v) is 6.13. The van der Waals surface area contributed by atoms with E-state index in [0.717, 1.165) is 24.8 Å². The number of hydrogen-bond donors (Lipinski definition) is 0. The zero-order valence-corrected chi connectivity index (χ0v) is 10.6. The standard InChI is InChI=1S/C15H20O2/c1-3-4-10-15(17-13(2)16)12-11-14-8-6-5-7-9-14/h5-9,11-12,15H,3-4,10H2,1-2H3/b12-11+. The molecule has 0 amide bonds. The minimum absolute atomic E-state index is 0.104. The molecule has 0 bridgehead atoms. The van der Waals surface area contributed by atoms with Gasteiger partial charge in [-0.25, -0.2) is 0 Å². The van der Waals surface area contributed by atoms with Crippen LogP contribution in [0.3, 0.4) is 0 Å². The second kappa shape index (κ2) is 7.66. The van der Waals surface area contributed by atoms with Crippen LogP contribution in [-0.4, -0.2) is 12.1 Å². The van der Waals surface area contributed by atoms with Crippen molar-refractivity contribution >= 4 is 12.0 Å². The van der Waals surface area contributed by atoms with Gasteiger partial charge in [0.15, 0.2) is 0 Å². The van der Waals surface area contributed by atoms with Crippen LogP contribution < -0.4 is 0 Å². The van der Waals surface area contributed by atoms with Crippen LogP contribution in [0.4, 0.5) is 0 Å². The molecule has 92 valence electrons. The van der Waals surface area contributed by atoms with Gasteiger partial charge < -0.3 is 4.74 Å². The normalized spacial score (nSPS) is 12.6. The van der Waals surface area contributed by atoms with Crippen molar-refractivity contribution in [2.45, 2.75) is 39.2 Å². The van der Waals surface area contributed by atoms with Gasteiger partial charge >= 0.3 is 5.97 Å². The summed E-state index contributed by atoms with van der Waals surface area (Å²) in [4.78, 5) is 11.0. The van der Waals surface area contributed by atoms with Crippen molar-refractivity contribution in [1.82, 2.24) is 0 Å². The average Bonchev–Trinajstić information content (AvgIpc) is 2.33. The van der Waals surface area contributed by atoms with E-state index < -0.39 is 0 Å². The predicted octanol–water partition coefficient (Wildman–Crippen LogP) is 3.82. The largest absolute Gasteiger partial charge is 0.458 e. The van der Waals surface area contributed by atoms with Gasteiger partial charge in [0, 0.05) is 6.92 Å². The van der Waals surface area contributed by atoms with E-state index in [4.69, 9.17) is 4.74 Å². The molecule has 0 saturated carbocycles. The first kappa shape index (κ1) is 13.5. The van der Waals surface area contributed by atoms with E-state index in [0.29, 0.717) is 0 Å². The van der Waals surface area contributed by atoms with Crippen LogP contribution in [0.2, 0.25) is 0 Å². The highest BCUT2D eigenvalue weighted by Gasteiger charge is 2.06. The lowest BCUT2D eigenvalue weighted by molar-refractivity contribution is -0.144. The first-order valence-electron chi connectivity index (χ1n) is 6.13. The highest BCUT2D eigenvalue weighted by atomic mass is 16.5. The molecule has 0 heterocycles. The van der Waals surface area contributed by atoms with E-state index in [2.05, 4.69) is 6.92 Å². The lowest BCUT2D eigenvalue weighted by Crippen LogP contribution is -2.13. The molecule has 0 aromatic heterocycles. The fraction of sp³-hybridized carbons (Fsp3) is 0.400. The van der Waals surface area contributed by atoms with Gasteiger partial charge in [-0.05, 0) is 24.5 Å². The van der Waals surface area contributed by atoms with E-state index >= 15 is 0 Å². The summed E-state index contributed by atoms with van der Waals surface area (Å²) in [6.07, 6.45) is 6.93. The first-order chi connectivity index (χ1) is 8.22. The summed E-state index contributed by atoms with van der Waals surface area (Å²) >= 11 is 0. The van der Waals surface area contributed by atoms with Gasteiger partial charge in [-0.3, -0.25) is 4.79 Å². The molecule has 0 aliphatic heterocycles. The summed E-state index contributed by atoms with van der Waals surface area (Å²) in [7, 11) is 0. The van der Waals surface area contributed by atoms with Crippen LogP contribution in [0.25, 0.3) is 6.08 Å². The molecule has 1 aromatic rings. The summed E-state index contributed by atoms with van der Waals surface area (Å²) in [5.41, 5.74) is 1.13. The second-order valence-electron chi connectivity index (χ2n) is 4.06. The molecule has 0 spiro atoms. The van der Waals surface area contributed by atoms with Crippen molar-refractivity contribution in [2.75, 3.05) is 0 Å². The van der Waals surface area contributed by atoms with Gasteiger partial charge in [0.2, 0.25) is 0 Å². The number of rotatable bonds is 6. The van der Waals surface area contributed by atoms with Crippen LogP contribution in [0.1, 0.15) is 38.7 Å². The van der Waals surface area contributed by atoms with Gasteiger partial charge in [0.1, 0.15) is 6.10 Å². The summed E-state index contributed by atoms with van der Waals surface area (Å²) < 4.78 is 5.25. The Morgan fingerprint density at radius 1 is 1.35 bits per heavy atom.